The van der Waals surface area contributed by atoms with E-state index in [0.717, 1.165) is 32.5 Å². The molecule has 3 N–H and O–H groups in total. The number of benzene rings is 2. The summed E-state index contributed by atoms with van der Waals surface area (Å²) in [4.78, 5) is 24.6. The molecule has 10 heteroatoms. The number of aryl methyl sites for hydroxylation is 2. The van der Waals surface area contributed by atoms with Crippen LogP contribution < -0.4 is 14.9 Å². The van der Waals surface area contributed by atoms with E-state index >= 15 is 0 Å². The maximum Gasteiger partial charge on any atom is 0.475 e. The van der Waals surface area contributed by atoms with Crippen LogP contribution in [0.4, 0.5) is 0 Å². The Hall–Kier alpha value is -3.08. The Labute approximate surface area is 188 Å². The highest BCUT2D eigenvalue weighted by Gasteiger charge is 2.25. The average molecular weight is 454 g/mol. The Balaban J connectivity index is 1.38. The summed E-state index contributed by atoms with van der Waals surface area (Å²) in [5.74, 6) is -0.513. The summed E-state index contributed by atoms with van der Waals surface area (Å²) >= 11 is 1.14. The number of rotatable bonds is 9. The van der Waals surface area contributed by atoms with Gasteiger partial charge in [-0.1, -0.05) is 23.5 Å². The number of hydrogen-bond acceptors (Lipinski definition) is 7. The smallest absolute Gasteiger partial charge is 0.475 e. The maximum absolute atomic E-state index is 12.5. The van der Waals surface area contributed by atoms with Crippen molar-refractivity contribution in [2.75, 3.05) is 7.11 Å². The number of hydrogen-bond donors (Lipinski definition) is 3. The van der Waals surface area contributed by atoms with E-state index in [1.807, 2.05) is 36.4 Å². The molecule has 0 radical (unpaired) electrons. The van der Waals surface area contributed by atoms with Crippen molar-refractivity contribution >= 4 is 45.5 Å². The molecule has 0 aliphatic carbocycles. The maximum atomic E-state index is 12.5. The quantitative estimate of drug-likeness (QED) is 0.335. The number of furan rings is 1. The predicted molar refractivity (Wildman–Crippen MR) is 124 cm³/mol. The van der Waals surface area contributed by atoms with E-state index < -0.39 is 13.1 Å². The van der Waals surface area contributed by atoms with Gasteiger partial charge in [0, 0.05) is 18.4 Å². The topological polar surface area (TPSA) is 114 Å². The number of nitrogens with one attached hydrogen (secondary N) is 1. The van der Waals surface area contributed by atoms with Gasteiger partial charge in [0.15, 0.2) is 0 Å². The van der Waals surface area contributed by atoms with Crippen LogP contribution in [0.3, 0.4) is 0 Å². The van der Waals surface area contributed by atoms with Crippen molar-refractivity contribution in [3.05, 3.63) is 64.0 Å². The second-order valence-corrected chi connectivity index (χ2v) is 8.48. The van der Waals surface area contributed by atoms with Crippen molar-refractivity contribution in [3.8, 4) is 5.75 Å². The fourth-order valence-corrected chi connectivity index (χ4v) is 4.62. The molecular weight excluding hydrogens is 431 g/mol. The van der Waals surface area contributed by atoms with Crippen LogP contribution in [0.2, 0.25) is 0 Å². The Morgan fingerprint density at radius 1 is 1.28 bits per heavy atom. The summed E-state index contributed by atoms with van der Waals surface area (Å²) in [5, 5.41) is 23.1. The Kier molecular flexibility index (Phi) is 6.64. The lowest BCUT2D eigenvalue weighted by Crippen LogP contribution is -2.47. The van der Waals surface area contributed by atoms with Gasteiger partial charge < -0.3 is 24.5 Å². The van der Waals surface area contributed by atoms with Gasteiger partial charge in [-0.15, -0.1) is 0 Å². The van der Waals surface area contributed by atoms with Crippen molar-refractivity contribution in [2.45, 2.75) is 31.7 Å². The molecular formula is C22H23BN2O6S. The molecule has 8 nitrogen and oxygen atoms in total. The molecule has 4 rings (SSSR count). The molecule has 0 saturated heterocycles. The first-order chi connectivity index (χ1) is 15.5. The lowest BCUT2D eigenvalue weighted by atomic mass is 9.76. The minimum atomic E-state index is -1.71. The van der Waals surface area contributed by atoms with E-state index in [0.29, 0.717) is 24.2 Å². The monoisotopic (exact) mass is 454 g/mol. The minimum absolute atomic E-state index is 0.0513. The van der Waals surface area contributed by atoms with Gasteiger partial charge in [-0.25, -0.2) is 0 Å². The number of carbonyl (C=O) groups is 1. The van der Waals surface area contributed by atoms with Gasteiger partial charge in [-0.2, -0.15) is 0 Å². The summed E-state index contributed by atoms with van der Waals surface area (Å²) < 4.78 is 13.2. The number of fused-ring (bicyclic) bond motifs is 2. The van der Waals surface area contributed by atoms with Crippen LogP contribution in [-0.2, 0) is 17.8 Å². The van der Waals surface area contributed by atoms with E-state index in [4.69, 9.17) is 9.15 Å². The lowest BCUT2D eigenvalue weighted by molar-refractivity contribution is -0.121. The molecule has 0 aliphatic rings. The molecule has 4 aromatic rings. The van der Waals surface area contributed by atoms with Gasteiger partial charge in [0.05, 0.1) is 29.5 Å². The molecule has 2 heterocycles. The highest BCUT2D eigenvalue weighted by Crippen LogP contribution is 2.27. The molecule has 1 amide bonds. The lowest BCUT2D eigenvalue weighted by Gasteiger charge is -2.17. The van der Waals surface area contributed by atoms with E-state index in [2.05, 4.69) is 5.32 Å². The molecule has 32 heavy (non-hydrogen) atoms. The Morgan fingerprint density at radius 2 is 2.09 bits per heavy atom. The fourth-order valence-electron chi connectivity index (χ4n) is 3.71. The van der Waals surface area contributed by atoms with Gasteiger partial charge in [0.1, 0.15) is 11.3 Å². The normalized spacial score (nSPS) is 12.2. The first-order valence-corrected chi connectivity index (χ1v) is 11.1. The number of aromatic nitrogens is 1. The molecule has 0 spiro atoms. The first kappa shape index (κ1) is 22.1. The van der Waals surface area contributed by atoms with Gasteiger partial charge in [0.25, 0.3) is 0 Å². The Bertz CT molecular complexity index is 1290. The second kappa shape index (κ2) is 9.60. The van der Waals surface area contributed by atoms with Gasteiger partial charge in [-0.05, 0) is 48.7 Å². The van der Waals surface area contributed by atoms with Crippen LogP contribution in [-0.4, -0.2) is 40.7 Å². The number of nitrogens with zero attached hydrogens (tertiary/aromatic N) is 1. The molecule has 1 atom stereocenters. The highest BCUT2D eigenvalue weighted by molar-refractivity contribution is 7.16. The van der Waals surface area contributed by atoms with Crippen molar-refractivity contribution in [3.63, 3.8) is 0 Å². The van der Waals surface area contributed by atoms with E-state index in [-0.39, 0.29) is 23.7 Å². The molecule has 0 bridgehead atoms. The summed E-state index contributed by atoms with van der Waals surface area (Å²) in [6.45, 7) is 0.217. The van der Waals surface area contributed by atoms with Crippen molar-refractivity contribution in [1.82, 2.24) is 9.88 Å². The molecule has 166 valence electrons. The van der Waals surface area contributed by atoms with Crippen molar-refractivity contribution < 1.29 is 24.0 Å². The average Bonchev–Trinajstić information content (AvgIpc) is 3.34. The molecule has 0 unspecified atom stereocenters. The molecule has 0 saturated carbocycles. The zero-order valence-corrected chi connectivity index (χ0v) is 18.3. The number of para-hydroxylation sites is 1. The van der Waals surface area contributed by atoms with Gasteiger partial charge in [0.2, 0.25) is 5.91 Å². The Morgan fingerprint density at radius 3 is 2.88 bits per heavy atom. The summed E-state index contributed by atoms with van der Waals surface area (Å²) in [5.41, 5.74) is 2.38. The highest BCUT2D eigenvalue weighted by atomic mass is 32.1. The third-order valence-corrected chi connectivity index (χ3v) is 6.39. The summed E-state index contributed by atoms with van der Waals surface area (Å²) in [7, 11) is -0.127. The predicted octanol–water partition coefficient (Wildman–Crippen LogP) is 2.34. The third kappa shape index (κ3) is 4.72. The van der Waals surface area contributed by atoms with E-state index in [9.17, 15) is 19.6 Å². The van der Waals surface area contributed by atoms with Gasteiger partial charge >= 0.3 is 12.0 Å². The van der Waals surface area contributed by atoms with Crippen LogP contribution in [0.25, 0.3) is 21.2 Å². The molecule has 0 aliphatic heterocycles. The number of thiazole rings is 1. The van der Waals surface area contributed by atoms with E-state index in [1.165, 1.54) is 0 Å². The zero-order chi connectivity index (χ0) is 22.7. The fraction of sp³-hybridized carbons (Fsp3) is 0.273. The van der Waals surface area contributed by atoms with Crippen LogP contribution in [0, 0.1) is 0 Å². The van der Waals surface area contributed by atoms with Crippen LogP contribution in [0.1, 0.15) is 18.4 Å². The number of ether oxygens (including phenoxy) is 1. The number of carbonyl (C=O) groups excluding carboxylic acids is 1. The number of methoxy groups -OCH3 is 1. The number of amides is 1. The summed E-state index contributed by atoms with van der Waals surface area (Å²) in [6, 6.07) is 12.9. The van der Waals surface area contributed by atoms with Crippen LogP contribution in [0.5, 0.6) is 5.75 Å². The largest absolute Gasteiger partial charge is 0.497 e. The van der Waals surface area contributed by atoms with Crippen LogP contribution in [0.15, 0.2) is 57.9 Å². The van der Waals surface area contributed by atoms with E-state index in [1.54, 1.807) is 24.0 Å². The zero-order valence-electron chi connectivity index (χ0n) is 17.5. The molecule has 0 fully saturated rings. The van der Waals surface area contributed by atoms with Crippen molar-refractivity contribution in [2.24, 2.45) is 0 Å². The van der Waals surface area contributed by atoms with Gasteiger partial charge in [-0.3, -0.25) is 14.2 Å². The SMILES string of the molecule is COc1ccc2occ(CC[C@H](NC(=O)CCn3c(=O)sc4ccccc43)B(O)O)c2c1. The second-order valence-electron chi connectivity index (χ2n) is 7.49. The van der Waals surface area contributed by atoms with Crippen molar-refractivity contribution in [1.29, 1.82) is 0 Å². The minimum Gasteiger partial charge on any atom is -0.497 e. The van der Waals surface area contributed by atoms with Crippen LogP contribution >= 0.6 is 11.3 Å². The summed E-state index contributed by atoms with van der Waals surface area (Å²) in [6.07, 6.45) is 2.45. The third-order valence-electron chi connectivity index (χ3n) is 5.43. The standard InChI is InChI=1S/C22H23BN2O6S/c1-30-15-7-8-18-16(12-15)14(13-31-18)6-9-20(23(28)29)24-21(26)10-11-25-17-4-2-3-5-19(17)32-22(25)27/h2-5,7-8,12-13,20,28-29H,6,9-11H2,1H3,(H,24,26)/t20-/m0/s1. The molecule has 2 aromatic carbocycles. The first-order valence-electron chi connectivity index (χ1n) is 10.2. The molecule has 2 aromatic heterocycles.